The number of aliphatic imine (C=N–C) groups is 1. The number of fused-ring (bicyclic) bond motifs is 1. The van der Waals surface area contributed by atoms with Gasteiger partial charge >= 0.3 is 5.97 Å². The zero-order chi connectivity index (χ0) is 30.0. The van der Waals surface area contributed by atoms with Gasteiger partial charge in [0.25, 0.3) is 5.91 Å². The molecule has 0 spiro atoms. The minimum absolute atomic E-state index is 0.0979. The van der Waals surface area contributed by atoms with Gasteiger partial charge in [0, 0.05) is 43.7 Å². The average molecular weight is 613 g/mol. The van der Waals surface area contributed by atoms with E-state index in [1.165, 1.54) is 23.2 Å². The van der Waals surface area contributed by atoms with E-state index in [0.717, 1.165) is 0 Å². The largest absolute Gasteiger partial charge is 0.478 e. The molecule has 1 amide bonds. The van der Waals surface area contributed by atoms with Crippen molar-refractivity contribution in [3.05, 3.63) is 86.8 Å². The second kappa shape index (κ2) is 12.4. The first-order valence-corrected chi connectivity index (χ1v) is 13.8. The molecule has 1 saturated heterocycles. The van der Waals surface area contributed by atoms with Crippen LogP contribution in [0.3, 0.4) is 0 Å². The number of hydrogen-bond acceptors (Lipinski definition) is 7. The summed E-state index contributed by atoms with van der Waals surface area (Å²) in [7, 11) is 1.60. The lowest BCUT2D eigenvalue weighted by molar-refractivity contribution is 0.0515. The molecule has 1 fully saturated rings. The lowest BCUT2D eigenvalue weighted by atomic mass is 9.97. The van der Waals surface area contributed by atoms with Crippen LogP contribution in [0.5, 0.6) is 5.75 Å². The molecule has 3 N–H and O–H groups in total. The number of amides is 1. The molecule has 0 aliphatic carbocycles. The first-order valence-electron chi connectivity index (χ1n) is 13.0. The minimum Gasteiger partial charge on any atom is -0.478 e. The van der Waals surface area contributed by atoms with Crippen LogP contribution in [0.15, 0.2) is 53.7 Å². The summed E-state index contributed by atoms with van der Waals surface area (Å²) in [6.45, 7) is 1.86. The number of aromatic carboxylic acids is 1. The number of carbonyl (C=O) groups excluding carboxylic acids is 1. The van der Waals surface area contributed by atoms with Crippen molar-refractivity contribution in [1.82, 2.24) is 4.90 Å². The smallest absolute Gasteiger partial charge is 0.337 e. The van der Waals surface area contributed by atoms with Crippen LogP contribution in [-0.4, -0.2) is 68.2 Å². The Bertz CT molecular complexity index is 1600. The Morgan fingerprint density at radius 3 is 2.45 bits per heavy atom. The van der Waals surface area contributed by atoms with Gasteiger partial charge in [-0.2, -0.15) is 0 Å². The van der Waals surface area contributed by atoms with E-state index < -0.39 is 17.7 Å². The molecule has 0 saturated carbocycles. The third-order valence-corrected chi connectivity index (χ3v) is 7.70. The molecule has 3 aromatic carbocycles. The highest BCUT2D eigenvalue weighted by atomic mass is 35.5. The van der Waals surface area contributed by atoms with Crippen molar-refractivity contribution in [3.8, 4) is 16.9 Å². The SMILES string of the molecule is CN=CC(=CN)c1cc(Cl)c(C(=O)N2COc3c(ccc(F)c3-c3ccc(C(=O)O)c(N4CCOCC4)c3)C2)c(Cl)c1. The van der Waals surface area contributed by atoms with E-state index in [-0.39, 0.29) is 45.8 Å². The average Bonchev–Trinajstić information content (AvgIpc) is 2.99. The van der Waals surface area contributed by atoms with Crippen molar-refractivity contribution in [2.75, 3.05) is 45.0 Å². The lowest BCUT2D eigenvalue weighted by Crippen LogP contribution is -2.38. The third-order valence-electron chi connectivity index (χ3n) is 7.11. The summed E-state index contributed by atoms with van der Waals surface area (Å²) in [5, 5.41) is 10.0. The Kier molecular flexibility index (Phi) is 8.67. The van der Waals surface area contributed by atoms with E-state index in [1.54, 1.807) is 43.6 Å². The summed E-state index contributed by atoms with van der Waals surface area (Å²) in [6.07, 6.45) is 2.91. The summed E-state index contributed by atoms with van der Waals surface area (Å²) >= 11 is 13.0. The number of halogens is 3. The van der Waals surface area contributed by atoms with Crippen molar-refractivity contribution in [1.29, 1.82) is 0 Å². The minimum atomic E-state index is -1.08. The zero-order valence-corrected chi connectivity index (χ0v) is 24.1. The Labute approximate surface area is 251 Å². The van der Waals surface area contributed by atoms with Crippen molar-refractivity contribution < 1.29 is 28.6 Å². The molecule has 218 valence electrons. The number of rotatable bonds is 6. The molecule has 2 aliphatic heterocycles. The molecule has 12 heteroatoms. The van der Waals surface area contributed by atoms with Crippen molar-refractivity contribution in [2.24, 2.45) is 10.7 Å². The quantitative estimate of drug-likeness (QED) is 0.361. The van der Waals surface area contributed by atoms with Gasteiger partial charge < -0.3 is 30.1 Å². The fourth-order valence-corrected chi connectivity index (χ4v) is 5.72. The molecule has 0 aromatic heterocycles. The first-order chi connectivity index (χ1) is 20.2. The Balaban J connectivity index is 1.47. The lowest BCUT2D eigenvalue weighted by Gasteiger charge is -2.32. The molecule has 0 unspecified atom stereocenters. The van der Waals surface area contributed by atoms with E-state index in [2.05, 4.69) is 4.99 Å². The maximum absolute atomic E-state index is 15.3. The Hall–Kier alpha value is -4.12. The summed E-state index contributed by atoms with van der Waals surface area (Å²) in [5.74, 6) is -1.80. The number of morpholine rings is 1. The van der Waals surface area contributed by atoms with E-state index in [0.29, 0.717) is 54.3 Å². The van der Waals surface area contributed by atoms with Crippen LogP contribution in [0.4, 0.5) is 10.1 Å². The van der Waals surface area contributed by atoms with Gasteiger partial charge in [-0.05, 0) is 41.5 Å². The van der Waals surface area contributed by atoms with Crippen LogP contribution >= 0.6 is 23.2 Å². The Morgan fingerprint density at radius 2 is 1.81 bits per heavy atom. The second-order valence-electron chi connectivity index (χ2n) is 9.65. The fraction of sp³-hybridized carbons (Fsp3) is 0.233. The molecule has 0 atom stereocenters. The van der Waals surface area contributed by atoms with Crippen LogP contribution in [0.2, 0.25) is 10.0 Å². The molecule has 0 bridgehead atoms. The molecule has 3 aromatic rings. The van der Waals surface area contributed by atoms with Crippen LogP contribution in [0.1, 0.15) is 31.8 Å². The number of anilines is 1. The highest BCUT2D eigenvalue weighted by Gasteiger charge is 2.30. The number of benzene rings is 3. The van der Waals surface area contributed by atoms with Gasteiger partial charge in [-0.25, -0.2) is 9.18 Å². The fourth-order valence-electron chi connectivity index (χ4n) is 5.07. The standard InChI is InChI=1S/C30H27Cl2FN4O5/c1-35-14-20(13-34)19-10-22(31)27(23(32)11-19)29(38)37-15-18-3-5-24(33)26(28(18)42-16-37)17-2-4-21(30(39)40)25(12-17)36-6-8-41-9-7-36/h2-5,10-14H,6-9,15-16,34H2,1H3,(H,39,40). The Morgan fingerprint density at radius 1 is 1.10 bits per heavy atom. The number of nitrogens with zero attached hydrogens (tertiary/aromatic N) is 3. The number of carboxylic acids is 1. The summed E-state index contributed by atoms with van der Waals surface area (Å²) < 4.78 is 26.7. The topological polar surface area (TPSA) is 118 Å². The van der Waals surface area contributed by atoms with E-state index in [9.17, 15) is 14.7 Å². The molecule has 9 nitrogen and oxygen atoms in total. The zero-order valence-electron chi connectivity index (χ0n) is 22.6. The third kappa shape index (κ3) is 5.65. The molecular formula is C30H27Cl2FN4O5. The van der Waals surface area contributed by atoms with E-state index in [4.69, 9.17) is 38.4 Å². The van der Waals surface area contributed by atoms with Gasteiger partial charge in [0.05, 0.1) is 52.2 Å². The van der Waals surface area contributed by atoms with Gasteiger partial charge in [-0.1, -0.05) is 35.3 Å². The molecule has 2 heterocycles. The molecule has 42 heavy (non-hydrogen) atoms. The maximum atomic E-state index is 15.3. The highest BCUT2D eigenvalue weighted by Crippen LogP contribution is 2.41. The van der Waals surface area contributed by atoms with Crippen LogP contribution in [0, 0.1) is 5.82 Å². The number of nitrogens with two attached hydrogens (primary N) is 1. The molecule has 0 radical (unpaired) electrons. The van der Waals surface area contributed by atoms with Gasteiger partial charge in [0.2, 0.25) is 0 Å². The number of hydrogen-bond donors (Lipinski definition) is 2. The van der Waals surface area contributed by atoms with Crippen LogP contribution < -0.4 is 15.4 Å². The summed E-state index contributed by atoms with van der Waals surface area (Å²) in [4.78, 5) is 32.8. The molecule has 5 rings (SSSR count). The van der Waals surface area contributed by atoms with E-state index >= 15 is 4.39 Å². The van der Waals surface area contributed by atoms with Crippen molar-refractivity contribution in [2.45, 2.75) is 6.54 Å². The number of carbonyl (C=O) groups is 2. The first kappa shape index (κ1) is 29.4. The van der Waals surface area contributed by atoms with Gasteiger partial charge in [0.15, 0.2) is 6.73 Å². The normalized spacial score (nSPS) is 15.5. The summed E-state index contributed by atoms with van der Waals surface area (Å²) in [6, 6.07) is 10.7. The predicted molar refractivity (Wildman–Crippen MR) is 160 cm³/mol. The van der Waals surface area contributed by atoms with Gasteiger partial charge in [-0.15, -0.1) is 0 Å². The maximum Gasteiger partial charge on any atom is 0.337 e. The van der Waals surface area contributed by atoms with Gasteiger partial charge in [-0.3, -0.25) is 9.79 Å². The monoisotopic (exact) mass is 612 g/mol. The van der Waals surface area contributed by atoms with Crippen molar-refractivity contribution in [3.63, 3.8) is 0 Å². The second-order valence-corrected chi connectivity index (χ2v) is 10.5. The van der Waals surface area contributed by atoms with E-state index in [1.807, 2.05) is 4.90 Å². The number of ether oxygens (including phenoxy) is 2. The van der Waals surface area contributed by atoms with Gasteiger partial charge in [0.1, 0.15) is 11.6 Å². The summed E-state index contributed by atoms with van der Waals surface area (Å²) in [5.41, 5.74) is 8.76. The van der Waals surface area contributed by atoms with Crippen LogP contribution in [-0.2, 0) is 11.3 Å². The van der Waals surface area contributed by atoms with Crippen LogP contribution in [0.25, 0.3) is 16.7 Å². The number of allylic oxidation sites excluding steroid dienone is 1. The number of carboxylic acid groups (broad SMARTS) is 1. The van der Waals surface area contributed by atoms with Crippen molar-refractivity contribution >= 4 is 52.6 Å². The molecular weight excluding hydrogens is 586 g/mol. The highest BCUT2D eigenvalue weighted by molar-refractivity contribution is 6.40. The predicted octanol–water partition coefficient (Wildman–Crippen LogP) is 5.33. The molecule has 2 aliphatic rings.